The molecule has 6 nitrogen and oxygen atoms in total. The van der Waals surface area contributed by atoms with Gasteiger partial charge in [-0.05, 0) is 6.92 Å². The molecule has 0 aliphatic carbocycles. The average Bonchev–Trinajstić information content (AvgIpc) is 2.73. The summed E-state index contributed by atoms with van der Waals surface area (Å²) >= 11 is 0. The van der Waals surface area contributed by atoms with Gasteiger partial charge in [-0.2, -0.15) is 0 Å². The summed E-state index contributed by atoms with van der Waals surface area (Å²) in [4.78, 5) is 0. The highest BCUT2D eigenvalue weighted by Gasteiger charge is 2.47. The van der Waals surface area contributed by atoms with Gasteiger partial charge in [0.15, 0.2) is 0 Å². The van der Waals surface area contributed by atoms with Crippen molar-refractivity contribution in [1.29, 1.82) is 0 Å². The normalized spacial score (nSPS) is 48.8. The Morgan fingerprint density at radius 3 is 1.74 bits per heavy atom. The van der Waals surface area contributed by atoms with Crippen LogP contribution in [0.5, 0.6) is 0 Å². The minimum Gasteiger partial charge on any atom is -0.331 e. The van der Waals surface area contributed by atoms with E-state index in [1.807, 2.05) is 13.8 Å². The lowest BCUT2D eigenvalue weighted by atomic mass is 9.92. The Labute approximate surface area is 114 Å². The van der Waals surface area contributed by atoms with Crippen molar-refractivity contribution in [2.75, 3.05) is 33.5 Å². The summed E-state index contributed by atoms with van der Waals surface area (Å²) in [6, 6.07) is 0. The average molecular weight is 276 g/mol. The zero-order valence-corrected chi connectivity index (χ0v) is 12.4. The number of methoxy groups -OCH3 is 1. The van der Waals surface area contributed by atoms with E-state index in [9.17, 15) is 0 Å². The first-order valence-corrected chi connectivity index (χ1v) is 6.57. The van der Waals surface area contributed by atoms with E-state index in [1.165, 1.54) is 0 Å². The third-order valence-corrected chi connectivity index (χ3v) is 3.41. The lowest BCUT2D eigenvalue weighted by molar-refractivity contribution is -0.457. The highest BCUT2D eigenvalue weighted by molar-refractivity contribution is 4.82. The maximum absolute atomic E-state index is 5.32. The van der Waals surface area contributed by atoms with Gasteiger partial charge in [-0.1, -0.05) is 6.92 Å². The number of hydrogen-bond acceptors (Lipinski definition) is 6. The van der Waals surface area contributed by atoms with E-state index in [2.05, 4.69) is 6.92 Å². The zero-order chi connectivity index (χ0) is 14.1. The molecule has 2 bridgehead atoms. The van der Waals surface area contributed by atoms with E-state index in [0.29, 0.717) is 6.61 Å². The molecule has 4 aliphatic rings. The molecular weight excluding hydrogens is 252 g/mol. The van der Waals surface area contributed by atoms with Gasteiger partial charge in [-0.25, -0.2) is 0 Å². The lowest BCUT2D eigenvalue weighted by Gasteiger charge is -2.48. The van der Waals surface area contributed by atoms with Crippen molar-refractivity contribution in [2.24, 2.45) is 5.41 Å². The van der Waals surface area contributed by atoms with Crippen LogP contribution in [-0.4, -0.2) is 51.6 Å². The Morgan fingerprint density at radius 2 is 1.47 bits per heavy atom. The van der Waals surface area contributed by atoms with Crippen LogP contribution < -0.4 is 0 Å². The Balaban J connectivity index is 0.000000141. The van der Waals surface area contributed by atoms with Gasteiger partial charge in [0.2, 0.25) is 0 Å². The monoisotopic (exact) mass is 276 g/mol. The first-order chi connectivity index (χ1) is 8.78. The van der Waals surface area contributed by atoms with Crippen LogP contribution in [-0.2, 0) is 28.4 Å². The summed E-state index contributed by atoms with van der Waals surface area (Å²) in [6.07, 6.45) is 0.148. The SMILES string of the molecule is CC12COC(C)(OC1)OC2.COC1(C)OCC(C)O1. The summed E-state index contributed by atoms with van der Waals surface area (Å²) < 4.78 is 31.3. The second-order valence-corrected chi connectivity index (χ2v) is 5.85. The van der Waals surface area contributed by atoms with Crippen molar-refractivity contribution in [3.63, 3.8) is 0 Å². The predicted molar refractivity (Wildman–Crippen MR) is 66.3 cm³/mol. The van der Waals surface area contributed by atoms with Gasteiger partial charge in [0, 0.05) is 26.4 Å². The Morgan fingerprint density at radius 1 is 0.947 bits per heavy atom. The Bertz CT molecular complexity index is 278. The fourth-order valence-electron chi connectivity index (χ4n) is 1.98. The van der Waals surface area contributed by atoms with E-state index in [1.54, 1.807) is 14.0 Å². The highest BCUT2D eigenvalue weighted by Crippen LogP contribution is 2.37. The minimum atomic E-state index is -0.792. The molecule has 0 aromatic carbocycles. The van der Waals surface area contributed by atoms with Gasteiger partial charge < -0.3 is 28.4 Å². The van der Waals surface area contributed by atoms with Crippen LogP contribution in [0.3, 0.4) is 0 Å². The first-order valence-electron chi connectivity index (χ1n) is 6.57. The quantitative estimate of drug-likeness (QED) is 0.723. The Hall–Kier alpha value is -0.240. The largest absolute Gasteiger partial charge is 0.331 e. The molecule has 0 aromatic heterocycles. The molecule has 19 heavy (non-hydrogen) atoms. The molecule has 112 valence electrons. The van der Waals surface area contributed by atoms with Crippen LogP contribution in [0.15, 0.2) is 0 Å². The van der Waals surface area contributed by atoms with E-state index >= 15 is 0 Å². The standard InChI is InChI=1S/C7H12O3.C6H12O3/c1-6-3-8-7(2,9-4-6)10-5-6;1-5-4-8-6(2,7-3)9-5/h3-5H2,1-2H3;5H,4H2,1-3H3. The molecule has 6 heteroatoms. The van der Waals surface area contributed by atoms with E-state index < -0.39 is 11.9 Å². The van der Waals surface area contributed by atoms with Crippen molar-refractivity contribution >= 4 is 0 Å². The molecule has 4 aliphatic heterocycles. The van der Waals surface area contributed by atoms with E-state index in [4.69, 9.17) is 28.4 Å². The third-order valence-electron chi connectivity index (χ3n) is 3.41. The molecule has 0 saturated carbocycles. The van der Waals surface area contributed by atoms with Crippen LogP contribution in [0.2, 0.25) is 0 Å². The number of rotatable bonds is 1. The zero-order valence-electron chi connectivity index (χ0n) is 12.4. The lowest BCUT2D eigenvalue weighted by Crippen LogP contribution is -2.57. The van der Waals surface area contributed by atoms with Gasteiger partial charge in [-0.15, -0.1) is 0 Å². The molecule has 0 radical (unpaired) electrons. The third kappa shape index (κ3) is 3.65. The molecule has 2 unspecified atom stereocenters. The number of hydrogen-bond donors (Lipinski definition) is 0. The van der Waals surface area contributed by atoms with Crippen molar-refractivity contribution in [2.45, 2.75) is 45.7 Å². The molecule has 4 rings (SSSR count). The van der Waals surface area contributed by atoms with Gasteiger partial charge in [0.1, 0.15) is 0 Å². The molecule has 0 N–H and O–H groups in total. The summed E-state index contributed by atoms with van der Waals surface area (Å²) in [7, 11) is 1.57. The summed E-state index contributed by atoms with van der Waals surface area (Å²) in [5, 5.41) is 0. The van der Waals surface area contributed by atoms with Crippen molar-refractivity contribution < 1.29 is 28.4 Å². The smallest absolute Gasteiger partial charge is 0.280 e. The fraction of sp³-hybridized carbons (Fsp3) is 1.00. The van der Waals surface area contributed by atoms with Gasteiger partial charge in [0.25, 0.3) is 11.9 Å². The maximum Gasteiger partial charge on any atom is 0.280 e. The van der Waals surface area contributed by atoms with Gasteiger partial charge >= 0.3 is 0 Å². The molecule has 0 aromatic rings. The summed E-state index contributed by atoms with van der Waals surface area (Å²) in [5.74, 6) is -1.53. The number of fused-ring (bicyclic) bond motifs is 3. The van der Waals surface area contributed by atoms with Gasteiger partial charge in [-0.3, -0.25) is 0 Å². The molecule has 4 saturated heterocycles. The van der Waals surface area contributed by atoms with Gasteiger partial charge in [0.05, 0.1) is 32.5 Å². The van der Waals surface area contributed by atoms with Crippen LogP contribution in [0, 0.1) is 5.41 Å². The summed E-state index contributed by atoms with van der Waals surface area (Å²) in [5.41, 5.74) is 0.0950. The topological polar surface area (TPSA) is 55.4 Å². The minimum absolute atomic E-state index is 0.0950. The molecule has 0 spiro atoms. The van der Waals surface area contributed by atoms with Crippen molar-refractivity contribution in [3.8, 4) is 0 Å². The fourth-order valence-corrected chi connectivity index (χ4v) is 1.98. The van der Waals surface area contributed by atoms with Crippen LogP contribution in [0.1, 0.15) is 27.7 Å². The van der Waals surface area contributed by atoms with Crippen molar-refractivity contribution in [1.82, 2.24) is 0 Å². The number of ether oxygens (including phenoxy) is 6. The molecule has 0 amide bonds. The second-order valence-electron chi connectivity index (χ2n) is 5.85. The van der Waals surface area contributed by atoms with Crippen molar-refractivity contribution in [3.05, 3.63) is 0 Å². The van der Waals surface area contributed by atoms with Crippen LogP contribution >= 0.6 is 0 Å². The molecule has 4 heterocycles. The maximum atomic E-state index is 5.32. The first kappa shape index (κ1) is 15.2. The highest BCUT2D eigenvalue weighted by atomic mass is 16.9. The molecule has 2 atom stereocenters. The Kier molecular flexibility index (Phi) is 4.21. The molecular formula is C13H24O6. The predicted octanol–water partition coefficient (Wildman–Crippen LogP) is 1.49. The van der Waals surface area contributed by atoms with E-state index in [0.717, 1.165) is 19.8 Å². The summed E-state index contributed by atoms with van der Waals surface area (Å²) in [6.45, 7) is 10.5. The second kappa shape index (κ2) is 5.27. The van der Waals surface area contributed by atoms with Crippen LogP contribution in [0.4, 0.5) is 0 Å². The van der Waals surface area contributed by atoms with Crippen LogP contribution in [0.25, 0.3) is 0 Å². The molecule has 4 fully saturated rings. The van der Waals surface area contributed by atoms with E-state index in [-0.39, 0.29) is 11.5 Å².